The molecule has 3 nitrogen and oxygen atoms in total. The van der Waals surface area contributed by atoms with Gasteiger partial charge in [-0.3, -0.25) is 0 Å². The summed E-state index contributed by atoms with van der Waals surface area (Å²) in [6.45, 7) is 0.0815. The third kappa shape index (κ3) is 3.74. The molecule has 0 aliphatic rings. The van der Waals surface area contributed by atoms with Gasteiger partial charge >= 0.3 is 0 Å². The summed E-state index contributed by atoms with van der Waals surface area (Å²) in [5.74, 6) is -2.27. The fraction of sp³-hybridized carbons (Fsp3) is 0.0769. The van der Waals surface area contributed by atoms with E-state index >= 15 is 0 Å². The van der Waals surface area contributed by atoms with Gasteiger partial charge in [0.1, 0.15) is 0 Å². The van der Waals surface area contributed by atoms with E-state index in [2.05, 4.69) is 27.3 Å². The van der Waals surface area contributed by atoms with Gasteiger partial charge in [0.2, 0.25) is 10.0 Å². The summed E-state index contributed by atoms with van der Waals surface area (Å²) >= 11 is 2.12. The number of nitrogens with one attached hydrogen (secondary N) is 1. The minimum absolute atomic E-state index is 0.0815. The van der Waals surface area contributed by atoms with E-state index in [0.29, 0.717) is 6.07 Å². The SMILES string of the molecule is O=S(=O)(NCc1cccc(I)c1)c1ccc(F)c(F)c1. The summed E-state index contributed by atoms with van der Waals surface area (Å²) in [4.78, 5) is -0.304. The third-order valence-electron chi connectivity index (χ3n) is 2.56. The predicted molar refractivity (Wildman–Crippen MR) is 79.5 cm³/mol. The summed E-state index contributed by atoms with van der Waals surface area (Å²) in [6, 6.07) is 9.76. The number of sulfonamides is 1. The first-order chi connectivity index (χ1) is 9.38. The molecular weight excluding hydrogens is 399 g/mol. The number of rotatable bonds is 4. The van der Waals surface area contributed by atoms with E-state index in [0.717, 1.165) is 21.3 Å². The number of benzene rings is 2. The Bertz CT molecular complexity index is 735. The van der Waals surface area contributed by atoms with Crippen molar-refractivity contribution in [3.8, 4) is 0 Å². The van der Waals surface area contributed by atoms with Gasteiger partial charge in [-0.05, 0) is 58.5 Å². The van der Waals surface area contributed by atoms with Crippen LogP contribution in [-0.4, -0.2) is 8.42 Å². The largest absolute Gasteiger partial charge is 0.240 e. The third-order valence-corrected chi connectivity index (χ3v) is 4.63. The maximum absolute atomic E-state index is 13.1. The Hall–Kier alpha value is -1.06. The molecule has 0 saturated carbocycles. The van der Waals surface area contributed by atoms with Crippen molar-refractivity contribution < 1.29 is 17.2 Å². The Labute approximate surface area is 129 Å². The first kappa shape index (κ1) is 15.3. The van der Waals surface area contributed by atoms with E-state index in [1.165, 1.54) is 0 Å². The van der Waals surface area contributed by atoms with Crippen LogP contribution >= 0.6 is 22.6 Å². The lowest BCUT2D eigenvalue weighted by Crippen LogP contribution is -2.23. The molecule has 0 amide bonds. The van der Waals surface area contributed by atoms with Gasteiger partial charge in [-0.15, -0.1) is 0 Å². The normalized spacial score (nSPS) is 11.6. The van der Waals surface area contributed by atoms with Gasteiger partial charge in [-0.2, -0.15) is 0 Å². The molecule has 0 atom stereocenters. The Balaban J connectivity index is 2.17. The van der Waals surface area contributed by atoms with Gasteiger partial charge in [0.25, 0.3) is 0 Å². The lowest BCUT2D eigenvalue weighted by Gasteiger charge is -2.07. The Morgan fingerprint density at radius 3 is 2.45 bits per heavy atom. The van der Waals surface area contributed by atoms with Crippen LogP contribution in [0.25, 0.3) is 0 Å². The standard InChI is InChI=1S/C13H10F2INO2S/c14-12-5-4-11(7-13(12)15)20(18,19)17-8-9-2-1-3-10(16)6-9/h1-7,17H,8H2. The molecule has 0 aliphatic carbocycles. The smallest absolute Gasteiger partial charge is 0.207 e. The van der Waals surface area contributed by atoms with Gasteiger partial charge in [-0.1, -0.05) is 12.1 Å². The van der Waals surface area contributed by atoms with E-state index < -0.39 is 21.7 Å². The molecule has 0 unspecified atom stereocenters. The highest BCUT2D eigenvalue weighted by atomic mass is 127. The van der Waals surface area contributed by atoms with Crippen molar-refractivity contribution in [3.63, 3.8) is 0 Å². The zero-order valence-electron chi connectivity index (χ0n) is 10.1. The maximum atomic E-state index is 13.1. The predicted octanol–water partition coefficient (Wildman–Crippen LogP) is 3.05. The van der Waals surface area contributed by atoms with Crippen molar-refractivity contribution in [1.82, 2.24) is 4.72 Å². The van der Waals surface area contributed by atoms with E-state index in [9.17, 15) is 17.2 Å². The highest BCUT2D eigenvalue weighted by Crippen LogP contribution is 2.14. The van der Waals surface area contributed by atoms with Gasteiger partial charge in [0.05, 0.1) is 4.90 Å². The number of hydrogen-bond acceptors (Lipinski definition) is 2. The molecule has 0 aliphatic heterocycles. The van der Waals surface area contributed by atoms with Crippen LogP contribution < -0.4 is 4.72 Å². The average molecular weight is 409 g/mol. The van der Waals surface area contributed by atoms with E-state index in [-0.39, 0.29) is 11.4 Å². The quantitative estimate of drug-likeness (QED) is 0.790. The second kappa shape index (κ2) is 6.15. The topological polar surface area (TPSA) is 46.2 Å². The highest BCUT2D eigenvalue weighted by Gasteiger charge is 2.16. The molecule has 106 valence electrons. The lowest BCUT2D eigenvalue weighted by molar-refractivity contribution is 0.504. The summed E-state index contributed by atoms with van der Waals surface area (Å²) in [7, 11) is -3.87. The highest BCUT2D eigenvalue weighted by molar-refractivity contribution is 14.1. The van der Waals surface area contributed by atoms with Gasteiger partial charge in [0.15, 0.2) is 11.6 Å². The fourth-order valence-corrected chi connectivity index (χ4v) is 3.19. The first-order valence-electron chi connectivity index (χ1n) is 5.58. The van der Waals surface area contributed by atoms with Crippen LogP contribution in [0.3, 0.4) is 0 Å². The van der Waals surface area contributed by atoms with Crippen molar-refractivity contribution in [2.24, 2.45) is 0 Å². The molecular formula is C13H10F2INO2S. The van der Waals surface area contributed by atoms with E-state index in [4.69, 9.17) is 0 Å². The molecule has 1 N–H and O–H groups in total. The molecule has 2 rings (SSSR count). The van der Waals surface area contributed by atoms with Crippen LogP contribution in [0.2, 0.25) is 0 Å². The van der Waals surface area contributed by atoms with Crippen LogP contribution in [0.4, 0.5) is 8.78 Å². The Morgan fingerprint density at radius 1 is 1.05 bits per heavy atom. The van der Waals surface area contributed by atoms with Crippen molar-refractivity contribution in [1.29, 1.82) is 0 Å². The van der Waals surface area contributed by atoms with Crippen molar-refractivity contribution in [2.45, 2.75) is 11.4 Å². The van der Waals surface area contributed by atoms with Gasteiger partial charge in [0, 0.05) is 10.1 Å². The second-order valence-corrected chi connectivity index (χ2v) is 7.04. The molecule has 0 fully saturated rings. The molecule has 7 heteroatoms. The molecule has 0 aromatic heterocycles. The minimum atomic E-state index is -3.87. The summed E-state index contributed by atoms with van der Waals surface area (Å²) in [5, 5.41) is 0. The van der Waals surface area contributed by atoms with Crippen molar-refractivity contribution in [2.75, 3.05) is 0 Å². The minimum Gasteiger partial charge on any atom is -0.207 e. The summed E-state index contributed by atoms with van der Waals surface area (Å²) in [6.07, 6.45) is 0. The average Bonchev–Trinajstić information content (AvgIpc) is 2.40. The molecule has 20 heavy (non-hydrogen) atoms. The van der Waals surface area contributed by atoms with Crippen LogP contribution in [0.15, 0.2) is 47.4 Å². The Morgan fingerprint density at radius 2 is 1.80 bits per heavy atom. The zero-order valence-corrected chi connectivity index (χ0v) is 13.1. The molecule has 0 heterocycles. The van der Waals surface area contributed by atoms with Crippen molar-refractivity contribution >= 4 is 32.6 Å². The van der Waals surface area contributed by atoms with Crippen LogP contribution in [0, 0.1) is 15.2 Å². The molecule has 0 radical (unpaired) electrons. The molecule has 2 aromatic carbocycles. The maximum Gasteiger partial charge on any atom is 0.240 e. The van der Waals surface area contributed by atoms with Crippen LogP contribution in [0.1, 0.15) is 5.56 Å². The molecule has 0 saturated heterocycles. The van der Waals surface area contributed by atoms with Gasteiger partial charge in [-0.25, -0.2) is 21.9 Å². The molecule has 2 aromatic rings. The van der Waals surface area contributed by atoms with Crippen molar-refractivity contribution in [3.05, 3.63) is 63.2 Å². The number of halogens is 3. The summed E-state index contributed by atoms with van der Waals surface area (Å²) < 4.78 is 53.1. The summed E-state index contributed by atoms with van der Waals surface area (Å²) in [5.41, 5.74) is 0.781. The molecule has 0 bridgehead atoms. The second-order valence-electron chi connectivity index (χ2n) is 4.03. The fourth-order valence-electron chi connectivity index (χ4n) is 1.55. The monoisotopic (exact) mass is 409 g/mol. The zero-order chi connectivity index (χ0) is 14.8. The first-order valence-corrected chi connectivity index (χ1v) is 8.14. The lowest BCUT2D eigenvalue weighted by atomic mass is 10.2. The van der Waals surface area contributed by atoms with E-state index in [1.807, 2.05) is 18.2 Å². The van der Waals surface area contributed by atoms with Crippen LogP contribution in [-0.2, 0) is 16.6 Å². The van der Waals surface area contributed by atoms with Gasteiger partial charge < -0.3 is 0 Å². The Kier molecular flexibility index (Phi) is 4.71. The van der Waals surface area contributed by atoms with Crippen LogP contribution in [0.5, 0.6) is 0 Å². The molecule has 0 spiro atoms. The van der Waals surface area contributed by atoms with E-state index in [1.54, 1.807) is 6.07 Å². The number of hydrogen-bond donors (Lipinski definition) is 1.